The van der Waals surface area contributed by atoms with Gasteiger partial charge < -0.3 is 60.6 Å². The third-order valence-corrected chi connectivity index (χ3v) is 26.1. The largest absolute Gasteiger partial charge is 0.508 e. The molecule has 0 saturated heterocycles. The second-order valence-electron chi connectivity index (χ2n) is 30.4. The number of fused-ring (bicyclic) bond motifs is 4. The Morgan fingerprint density at radius 2 is 0.611 bits per heavy atom. The van der Waals surface area contributed by atoms with Crippen molar-refractivity contribution in [2.75, 3.05) is 52.4 Å². The maximum Gasteiger partial charge on any atom is 0.417 e. The van der Waals surface area contributed by atoms with Crippen LogP contribution < -0.4 is 40.2 Å². The van der Waals surface area contributed by atoms with Gasteiger partial charge in [-0.2, -0.15) is 13.2 Å². The van der Waals surface area contributed by atoms with Crippen LogP contribution in [0.1, 0.15) is 142 Å². The second-order valence-corrected chi connectivity index (χ2v) is 35.5. The molecule has 0 bridgehead atoms. The van der Waals surface area contributed by atoms with Gasteiger partial charge in [-0.3, -0.25) is 19.2 Å². The Morgan fingerprint density at radius 1 is 0.336 bits per heavy atom. The lowest BCUT2D eigenvalue weighted by Crippen LogP contribution is -2.14. The first kappa shape index (κ1) is 96.3. The number of hydrogen-bond acceptors (Lipinski definition) is 20. The molecule has 16 aromatic rings. The van der Waals surface area contributed by atoms with Crippen molar-refractivity contribution in [3.05, 3.63) is 352 Å². The number of halogens is 6. The van der Waals surface area contributed by atoms with E-state index in [4.69, 9.17) is 42.1 Å². The van der Waals surface area contributed by atoms with E-state index in [9.17, 15) is 57.2 Å². The smallest absolute Gasteiger partial charge is 0.417 e. The van der Waals surface area contributed by atoms with Crippen LogP contribution in [0.15, 0.2) is 267 Å². The van der Waals surface area contributed by atoms with E-state index in [2.05, 4.69) is 73.2 Å². The molecule has 0 spiro atoms. The topological polar surface area (TPSA) is 234 Å². The van der Waals surface area contributed by atoms with Gasteiger partial charge in [0.1, 0.15) is 71.3 Å². The number of ether oxygens (including phenoxy) is 4. The SMILES string of the molecule is CCNCCCc1ccc(Oc2c(C(=O)c3ccc(Cl)cc3)sc3cc(O)ccc23)cc1.CCNCCCc1ccc(Oc2c(C(=O)c3ccc(F)cc3)sc3cc(O)ccc23)cc1.CCNCCCc1ccc(Oc2c(C(=O)c3ccccc3C(F)(F)F)sc3cc(O)ccc23)cc1.CCNCCCc1ccc(Oc2c(C(=O)c3ccccc3Cl)sc3cc(O)ccc23)cc1. The van der Waals surface area contributed by atoms with E-state index in [-0.39, 0.29) is 51.0 Å². The zero-order valence-corrected chi connectivity index (χ0v) is 77.0. The molecule has 0 fully saturated rings. The molecular formula is C105H96Cl2F4N4O12S4. The van der Waals surface area contributed by atoms with Crippen LogP contribution in [0, 0.1) is 5.82 Å². The van der Waals surface area contributed by atoms with Crippen LogP contribution in [-0.4, -0.2) is 95.9 Å². The molecule has 0 aliphatic carbocycles. The van der Waals surface area contributed by atoms with Crippen LogP contribution in [0.3, 0.4) is 0 Å². The molecule has 16 rings (SSSR count). The summed E-state index contributed by atoms with van der Waals surface area (Å²) in [5.74, 6) is 2.64. The summed E-state index contributed by atoms with van der Waals surface area (Å²) < 4.78 is 81.6. The lowest BCUT2D eigenvalue weighted by atomic mass is 10.0. The van der Waals surface area contributed by atoms with Gasteiger partial charge >= 0.3 is 6.18 Å². The Bertz CT molecular complexity index is 6390. The second kappa shape index (κ2) is 46.5. The highest BCUT2D eigenvalue weighted by Crippen LogP contribution is 2.49. The molecule has 0 unspecified atom stereocenters. The van der Waals surface area contributed by atoms with Gasteiger partial charge in [0, 0.05) is 67.6 Å². The van der Waals surface area contributed by atoms with Gasteiger partial charge in [0.15, 0.2) is 23.0 Å². The van der Waals surface area contributed by atoms with E-state index in [1.807, 2.05) is 60.7 Å². The molecule has 4 heterocycles. The number of nitrogens with one attached hydrogen (secondary N) is 4. The molecule has 0 radical (unpaired) electrons. The van der Waals surface area contributed by atoms with Crippen LogP contribution in [-0.2, 0) is 31.9 Å². The minimum atomic E-state index is -4.68. The van der Waals surface area contributed by atoms with E-state index < -0.39 is 28.9 Å². The Hall–Kier alpha value is -12.3. The van der Waals surface area contributed by atoms with E-state index in [1.54, 1.807) is 121 Å². The number of aromatic hydroxyl groups is 4. The van der Waals surface area contributed by atoms with Gasteiger partial charge in [0.25, 0.3) is 0 Å². The van der Waals surface area contributed by atoms with Gasteiger partial charge in [-0.05, 0) is 314 Å². The maximum absolute atomic E-state index is 13.6. The van der Waals surface area contributed by atoms with E-state index >= 15 is 0 Å². The van der Waals surface area contributed by atoms with Crippen LogP contribution >= 0.6 is 68.5 Å². The summed E-state index contributed by atoms with van der Waals surface area (Å²) in [5, 5.41) is 56.7. The molecule has 8 N–H and O–H groups in total. The Kier molecular flexibility index (Phi) is 34.2. The number of phenolic OH excluding ortho intramolecular Hbond substituents is 4. The molecular weight excluding hydrogens is 1780 g/mol. The van der Waals surface area contributed by atoms with Crippen molar-refractivity contribution in [2.45, 2.75) is 85.2 Å². The van der Waals surface area contributed by atoms with Crippen molar-refractivity contribution in [3.8, 4) is 69.0 Å². The monoisotopic (exact) mass is 1880 g/mol. The Morgan fingerprint density at radius 3 is 0.908 bits per heavy atom. The summed E-state index contributed by atoms with van der Waals surface area (Å²) in [4.78, 5) is 54.5. The van der Waals surface area contributed by atoms with E-state index in [1.165, 1.54) is 105 Å². The first-order chi connectivity index (χ1) is 63.4. The van der Waals surface area contributed by atoms with Crippen molar-refractivity contribution in [3.63, 3.8) is 0 Å². The zero-order valence-electron chi connectivity index (χ0n) is 72.2. The number of ketones is 4. The van der Waals surface area contributed by atoms with Crippen molar-refractivity contribution >= 4 is 132 Å². The predicted octanol–water partition coefficient (Wildman–Crippen LogP) is 27.2. The summed E-state index contributed by atoms with van der Waals surface area (Å²) >= 11 is 17.1. The fraction of sp³-hybridized carbons (Fsp3) is 0.200. The highest BCUT2D eigenvalue weighted by Gasteiger charge is 2.37. The van der Waals surface area contributed by atoms with Gasteiger partial charge in [0.05, 0.1) is 10.6 Å². The van der Waals surface area contributed by atoms with Crippen molar-refractivity contribution in [2.24, 2.45) is 0 Å². The highest BCUT2D eigenvalue weighted by molar-refractivity contribution is 7.22. The number of aryl methyl sites for hydroxylation is 4. The number of hydrogen-bond donors (Lipinski definition) is 8. The normalized spacial score (nSPS) is 11.2. The number of rotatable bonds is 36. The van der Waals surface area contributed by atoms with Crippen LogP contribution in [0.4, 0.5) is 17.6 Å². The number of carbonyl (C=O) groups excluding carboxylic acids is 4. The summed E-state index contributed by atoms with van der Waals surface area (Å²) in [6.45, 7) is 16.1. The van der Waals surface area contributed by atoms with Crippen molar-refractivity contribution in [1.82, 2.24) is 21.3 Å². The number of carbonyl (C=O) groups is 4. The van der Waals surface area contributed by atoms with Crippen LogP contribution in [0.5, 0.6) is 69.0 Å². The molecule has 26 heteroatoms. The van der Waals surface area contributed by atoms with E-state index in [0.717, 1.165) is 157 Å². The van der Waals surface area contributed by atoms with Gasteiger partial charge in [-0.15, -0.1) is 45.3 Å². The minimum Gasteiger partial charge on any atom is -0.508 e. The molecule has 0 saturated carbocycles. The van der Waals surface area contributed by atoms with Crippen LogP contribution in [0.25, 0.3) is 40.3 Å². The number of thiophene rings is 4. The first-order valence-electron chi connectivity index (χ1n) is 43.0. The predicted molar refractivity (Wildman–Crippen MR) is 522 cm³/mol. The molecule has 12 aromatic carbocycles. The average molecular weight is 1880 g/mol. The van der Waals surface area contributed by atoms with Crippen LogP contribution in [0.2, 0.25) is 10.0 Å². The summed E-state index contributed by atoms with van der Waals surface area (Å²) in [7, 11) is 0. The summed E-state index contributed by atoms with van der Waals surface area (Å²) in [6, 6.07) is 74.7. The molecule has 4 aromatic heterocycles. The molecule has 0 aliphatic heterocycles. The fourth-order valence-corrected chi connectivity index (χ4v) is 19.1. The van der Waals surface area contributed by atoms with E-state index in [0.29, 0.717) is 91.7 Å². The third-order valence-electron chi connectivity index (χ3n) is 21.0. The average Bonchev–Trinajstić information content (AvgIpc) is 1.63. The summed E-state index contributed by atoms with van der Waals surface area (Å²) in [6.07, 6.45) is 3.37. The summed E-state index contributed by atoms with van der Waals surface area (Å²) in [5.41, 5.74) is 4.72. The number of phenols is 4. The molecule has 0 aliphatic rings. The quantitative estimate of drug-likeness (QED) is 0.0104. The Labute approximate surface area is 782 Å². The fourth-order valence-electron chi connectivity index (χ4n) is 14.3. The van der Waals surface area contributed by atoms with Gasteiger partial charge in [0.2, 0.25) is 23.1 Å². The molecule has 131 heavy (non-hydrogen) atoms. The molecule has 0 atom stereocenters. The maximum atomic E-state index is 13.6. The zero-order chi connectivity index (χ0) is 92.5. The number of benzene rings is 12. The van der Waals surface area contributed by atoms with Crippen molar-refractivity contribution in [1.29, 1.82) is 0 Å². The minimum absolute atomic E-state index is 0.0121. The van der Waals surface area contributed by atoms with Gasteiger partial charge in [-0.25, -0.2) is 4.39 Å². The highest BCUT2D eigenvalue weighted by atomic mass is 35.5. The van der Waals surface area contributed by atoms with Crippen molar-refractivity contribution < 1.29 is 76.1 Å². The lowest BCUT2D eigenvalue weighted by Gasteiger charge is -2.12. The number of alkyl halides is 3. The lowest BCUT2D eigenvalue weighted by molar-refractivity contribution is -0.137. The Balaban J connectivity index is 0.000000149. The molecule has 16 nitrogen and oxygen atoms in total. The molecule has 674 valence electrons. The molecule has 0 amide bonds. The first-order valence-corrected chi connectivity index (χ1v) is 47.0. The van der Waals surface area contributed by atoms with Gasteiger partial charge in [-0.1, -0.05) is 130 Å². The standard InChI is InChI=1S/C27H24F3NO3S.2C26H24ClNO3S.C26H24FNO3S/c1-2-31-15-5-6-17-9-12-19(13-10-17)34-25-21-14-11-18(32)16-23(21)35-26(25)24(33)20-7-3-4-8-22(20)27(28,29)30;1-2-28-15-3-4-17-5-12-21(13-6-17)31-25-22-14-11-20(29)16-23(22)32-26(25)24(30)18-7-9-19(27)10-8-18;1-2-28-15-5-6-17-9-12-19(13-10-17)31-25-21-14-11-18(29)16-23(21)32-26(25)24(30)20-7-3-4-8-22(20)27;1-2-28-15-3-4-17-5-12-21(13-6-17)31-25-22-14-11-20(29)16-23(22)32-26(25)24(30)18-7-9-19(27)10-8-18/h3-4,7-14,16,31-32H,2,5-6,15H2,1H3;5-14,16,28-29H,2-4,15H2,1H3;3-4,7-14,16,28-29H,2,5-6,15H2,1H3;5-14,16,28-29H,2-4,15H2,1H3. The third kappa shape index (κ3) is 25.7.